The molecule has 0 amide bonds. The zero-order valence-electron chi connectivity index (χ0n) is 9.28. The molecular formula is C11H16O4. The minimum atomic E-state index is -0.950. The molecule has 0 rings (SSSR count). The van der Waals surface area contributed by atoms with Crippen molar-refractivity contribution in [2.75, 3.05) is 0 Å². The summed E-state index contributed by atoms with van der Waals surface area (Å²) in [7, 11) is 0. The summed E-state index contributed by atoms with van der Waals surface area (Å²) in [6.07, 6.45) is 1.08. The van der Waals surface area contributed by atoms with Crippen LogP contribution in [0.5, 0.6) is 0 Å². The first-order chi connectivity index (χ1) is 6.81. The van der Waals surface area contributed by atoms with E-state index in [4.69, 9.17) is 9.47 Å². The van der Waals surface area contributed by atoms with Gasteiger partial charge in [-0.15, -0.1) is 0 Å². The van der Waals surface area contributed by atoms with E-state index in [1.807, 2.05) is 0 Å². The molecule has 4 nitrogen and oxygen atoms in total. The van der Waals surface area contributed by atoms with Gasteiger partial charge < -0.3 is 9.47 Å². The molecule has 15 heavy (non-hydrogen) atoms. The van der Waals surface area contributed by atoms with Gasteiger partial charge in [0.15, 0.2) is 0 Å². The monoisotopic (exact) mass is 212 g/mol. The topological polar surface area (TPSA) is 52.6 Å². The summed E-state index contributed by atoms with van der Waals surface area (Å²) in [6.45, 7) is 11.9. The summed E-state index contributed by atoms with van der Waals surface area (Å²) in [4.78, 5) is 22.0. The molecule has 0 fully saturated rings. The standard InChI is InChI=1S/C11H16O4/c1-6-8(12)14-10(11(3,4)5)15-9(13)7-2/h6-7,10H,1-2H2,3-5H3. The lowest BCUT2D eigenvalue weighted by atomic mass is 9.96. The summed E-state index contributed by atoms with van der Waals surface area (Å²) in [5.74, 6) is -1.27. The van der Waals surface area contributed by atoms with Crippen LogP contribution in [0.1, 0.15) is 20.8 Å². The van der Waals surface area contributed by atoms with Crippen molar-refractivity contribution in [1.29, 1.82) is 0 Å². The predicted octanol–water partition coefficient (Wildman–Crippen LogP) is 1.82. The highest BCUT2D eigenvalue weighted by Gasteiger charge is 2.30. The average molecular weight is 212 g/mol. The third kappa shape index (κ3) is 5.00. The van der Waals surface area contributed by atoms with Crippen molar-refractivity contribution in [3.05, 3.63) is 25.3 Å². The van der Waals surface area contributed by atoms with Crippen LogP contribution < -0.4 is 0 Å². The molecule has 0 aliphatic carbocycles. The molecular weight excluding hydrogens is 196 g/mol. The van der Waals surface area contributed by atoms with Crippen molar-refractivity contribution in [2.24, 2.45) is 5.41 Å². The Bertz CT molecular complexity index is 251. The van der Waals surface area contributed by atoms with Crippen LogP contribution in [0.4, 0.5) is 0 Å². The van der Waals surface area contributed by atoms with E-state index >= 15 is 0 Å². The first-order valence-electron chi connectivity index (χ1n) is 4.47. The maximum Gasteiger partial charge on any atom is 0.333 e. The Kier molecular flexibility index (Phi) is 4.78. The Balaban J connectivity index is 4.59. The minimum absolute atomic E-state index is 0.503. The van der Waals surface area contributed by atoms with Crippen LogP contribution in [0, 0.1) is 5.41 Å². The maximum atomic E-state index is 11.0. The second-order valence-electron chi connectivity index (χ2n) is 3.98. The van der Waals surface area contributed by atoms with E-state index in [1.54, 1.807) is 20.8 Å². The molecule has 0 atom stereocenters. The van der Waals surface area contributed by atoms with Crippen LogP contribution in [-0.2, 0) is 19.1 Å². The van der Waals surface area contributed by atoms with E-state index in [1.165, 1.54) is 0 Å². The van der Waals surface area contributed by atoms with Crippen molar-refractivity contribution < 1.29 is 19.1 Å². The van der Waals surface area contributed by atoms with Crippen LogP contribution in [0.15, 0.2) is 25.3 Å². The Labute approximate surface area is 89.6 Å². The zero-order valence-corrected chi connectivity index (χ0v) is 9.28. The number of hydrogen-bond acceptors (Lipinski definition) is 4. The molecule has 0 radical (unpaired) electrons. The fourth-order valence-electron chi connectivity index (χ4n) is 0.685. The molecule has 0 aromatic heterocycles. The minimum Gasteiger partial charge on any atom is -0.421 e. The predicted molar refractivity (Wildman–Crippen MR) is 55.8 cm³/mol. The molecule has 0 saturated heterocycles. The quantitative estimate of drug-likeness (QED) is 0.405. The lowest BCUT2D eigenvalue weighted by Crippen LogP contribution is -2.35. The summed E-state index contributed by atoms with van der Waals surface area (Å²) >= 11 is 0. The fraction of sp³-hybridized carbons (Fsp3) is 0.455. The van der Waals surface area contributed by atoms with Gasteiger partial charge in [0.25, 0.3) is 6.29 Å². The molecule has 0 bridgehead atoms. The molecule has 0 heterocycles. The van der Waals surface area contributed by atoms with Crippen molar-refractivity contribution in [3.8, 4) is 0 Å². The highest BCUT2D eigenvalue weighted by molar-refractivity contribution is 5.83. The van der Waals surface area contributed by atoms with Gasteiger partial charge in [-0.2, -0.15) is 0 Å². The van der Waals surface area contributed by atoms with E-state index in [0.29, 0.717) is 0 Å². The van der Waals surface area contributed by atoms with Crippen LogP contribution >= 0.6 is 0 Å². The summed E-state index contributed by atoms with van der Waals surface area (Å²) in [5.41, 5.74) is -0.503. The van der Waals surface area contributed by atoms with Crippen LogP contribution in [0.2, 0.25) is 0 Å². The van der Waals surface area contributed by atoms with Gasteiger partial charge in [0.2, 0.25) is 0 Å². The summed E-state index contributed by atoms with van der Waals surface area (Å²) < 4.78 is 9.78. The fourth-order valence-corrected chi connectivity index (χ4v) is 0.685. The molecule has 0 aliphatic heterocycles. The zero-order chi connectivity index (χ0) is 12.1. The van der Waals surface area contributed by atoms with Gasteiger partial charge in [-0.1, -0.05) is 33.9 Å². The molecule has 0 aromatic rings. The highest BCUT2D eigenvalue weighted by atomic mass is 16.7. The first-order valence-corrected chi connectivity index (χ1v) is 4.47. The van der Waals surface area contributed by atoms with Gasteiger partial charge in [-0.3, -0.25) is 0 Å². The van der Waals surface area contributed by atoms with Gasteiger partial charge in [0.1, 0.15) is 0 Å². The first kappa shape index (κ1) is 13.4. The van der Waals surface area contributed by atoms with Gasteiger partial charge >= 0.3 is 11.9 Å². The molecule has 0 aromatic carbocycles. The van der Waals surface area contributed by atoms with Crippen LogP contribution in [0.25, 0.3) is 0 Å². The molecule has 84 valence electrons. The molecule has 0 unspecified atom stereocenters. The number of carbonyl (C=O) groups excluding carboxylic acids is 2. The van der Waals surface area contributed by atoms with E-state index in [-0.39, 0.29) is 0 Å². The normalized spacial score (nSPS) is 10.7. The number of carbonyl (C=O) groups is 2. The molecule has 0 spiro atoms. The van der Waals surface area contributed by atoms with E-state index in [9.17, 15) is 9.59 Å². The third-order valence-corrected chi connectivity index (χ3v) is 1.49. The number of ether oxygens (including phenoxy) is 2. The van der Waals surface area contributed by atoms with Gasteiger partial charge in [-0.25, -0.2) is 9.59 Å². The number of esters is 2. The van der Waals surface area contributed by atoms with E-state index in [0.717, 1.165) is 12.2 Å². The lowest BCUT2D eigenvalue weighted by Gasteiger charge is -2.28. The van der Waals surface area contributed by atoms with E-state index < -0.39 is 23.6 Å². The Morgan fingerprint density at radius 3 is 1.60 bits per heavy atom. The smallest absolute Gasteiger partial charge is 0.333 e. The largest absolute Gasteiger partial charge is 0.421 e. The van der Waals surface area contributed by atoms with Crippen molar-refractivity contribution in [3.63, 3.8) is 0 Å². The molecule has 0 N–H and O–H groups in total. The van der Waals surface area contributed by atoms with E-state index in [2.05, 4.69) is 13.2 Å². The second kappa shape index (κ2) is 5.34. The summed E-state index contributed by atoms with van der Waals surface area (Å²) in [5, 5.41) is 0. The molecule has 4 heteroatoms. The van der Waals surface area contributed by atoms with Crippen LogP contribution in [-0.4, -0.2) is 18.2 Å². The third-order valence-electron chi connectivity index (χ3n) is 1.49. The van der Waals surface area contributed by atoms with Crippen molar-refractivity contribution >= 4 is 11.9 Å². The highest BCUT2D eigenvalue weighted by Crippen LogP contribution is 2.23. The van der Waals surface area contributed by atoms with Crippen LogP contribution in [0.3, 0.4) is 0 Å². The van der Waals surface area contributed by atoms with Gasteiger partial charge in [0, 0.05) is 17.6 Å². The van der Waals surface area contributed by atoms with Gasteiger partial charge in [0.05, 0.1) is 0 Å². The molecule has 0 saturated carbocycles. The molecule has 0 aliphatic rings. The summed E-state index contributed by atoms with van der Waals surface area (Å²) in [6, 6.07) is 0. The lowest BCUT2D eigenvalue weighted by molar-refractivity contribution is -0.200. The SMILES string of the molecule is C=CC(=O)OC(OC(=O)C=C)C(C)(C)C. The second-order valence-corrected chi connectivity index (χ2v) is 3.98. The van der Waals surface area contributed by atoms with Crippen molar-refractivity contribution in [2.45, 2.75) is 27.1 Å². The number of rotatable bonds is 4. The number of hydrogen-bond donors (Lipinski definition) is 0. The van der Waals surface area contributed by atoms with Gasteiger partial charge in [-0.05, 0) is 0 Å². The Hall–Kier alpha value is -1.58. The average Bonchev–Trinajstić information content (AvgIpc) is 2.14. The maximum absolute atomic E-state index is 11.0. The van der Waals surface area contributed by atoms with Crippen molar-refractivity contribution in [1.82, 2.24) is 0 Å². The Morgan fingerprint density at radius 1 is 1.07 bits per heavy atom. The Morgan fingerprint density at radius 2 is 1.40 bits per heavy atom.